The Morgan fingerprint density at radius 1 is 1.29 bits per heavy atom. The van der Waals surface area contributed by atoms with Gasteiger partial charge >= 0.3 is 0 Å². The molecule has 0 atom stereocenters. The second kappa shape index (κ2) is 8.68. The molecule has 1 heterocycles. The van der Waals surface area contributed by atoms with E-state index in [2.05, 4.69) is 58.9 Å². The molecule has 0 radical (unpaired) electrons. The summed E-state index contributed by atoms with van der Waals surface area (Å²) in [5.41, 5.74) is 3.32. The minimum Gasteiger partial charge on any atom is -0.496 e. The maximum atomic E-state index is 5.44. The van der Waals surface area contributed by atoms with Gasteiger partial charge in [0.15, 0.2) is 5.96 Å². The largest absolute Gasteiger partial charge is 0.496 e. The number of thiazole rings is 1. The van der Waals surface area contributed by atoms with Crippen molar-refractivity contribution in [3.63, 3.8) is 0 Å². The quantitative estimate of drug-likeness (QED) is 0.621. The van der Waals surface area contributed by atoms with Crippen LogP contribution in [0.1, 0.15) is 41.6 Å². The van der Waals surface area contributed by atoms with E-state index in [-0.39, 0.29) is 0 Å². The van der Waals surface area contributed by atoms with Crippen molar-refractivity contribution in [3.05, 3.63) is 45.4 Å². The van der Waals surface area contributed by atoms with Gasteiger partial charge in [0.25, 0.3) is 0 Å². The van der Waals surface area contributed by atoms with E-state index in [0.29, 0.717) is 19.0 Å². The molecule has 0 unspecified atom stereocenters. The topological polar surface area (TPSA) is 58.5 Å². The molecule has 0 aliphatic carbocycles. The van der Waals surface area contributed by atoms with Crippen LogP contribution in [-0.4, -0.2) is 25.1 Å². The second-order valence-corrected chi connectivity index (χ2v) is 6.82. The van der Waals surface area contributed by atoms with Crippen LogP contribution in [0.5, 0.6) is 5.75 Å². The van der Waals surface area contributed by atoms with E-state index in [9.17, 15) is 0 Å². The molecule has 2 rings (SSSR count). The third-order valence-electron chi connectivity index (χ3n) is 3.61. The van der Waals surface area contributed by atoms with Crippen LogP contribution in [0.25, 0.3) is 0 Å². The molecule has 0 aliphatic heterocycles. The highest BCUT2D eigenvalue weighted by Crippen LogP contribution is 2.20. The number of hydrogen-bond acceptors (Lipinski definition) is 4. The van der Waals surface area contributed by atoms with Gasteiger partial charge in [-0.25, -0.2) is 4.98 Å². The van der Waals surface area contributed by atoms with Crippen molar-refractivity contribution in [2.75, 3.05) is 14.2 Å². The second-order valence-electron chi connectivity index (χ2n) is 5.93. The number of aliphatic imine (C=N–C) groups is 1. The molecule has 2 aromatic rings. The number of methoxy groups -OCH3 is 1. The predicted octanol–water partition coefficient (Wildman–Crippen LogP) is 3.45. The van der Waals surface area contributed by atoms with Gasteiger partial charge in [0.05, 0.1) is 24.4 Å². The van der Waals surface area contributed by atoms with Crippen molar-refractivity contribution in [2.24, 2.45) is 4.99 Å². The van der Waals surface area contributed by atoms with Crippen LogP contribution >= 0.6 is 11.3 Å². The van der Waals surface area contributed by atoms with E-state index >= 15 is 0 Å². The van der Waals surface area contributed by atoms with Crippen LogP contribution in [0, 0.1) is 6.92 Å². The summed E-state index contributed by atoms with van der Waals surface area (Å²) in [6.45, 7) is 7.68. The van der Waals surface area contributed by atoms with Gasteiger partial charge in [0.2, 0.25) is 0 Å². The molecule has 0 spiro atoms. The van der Waals surface area contributed by atoms with E-state index in [4.69, 9.17) is 4.74 Å². The molecular weight excluding hydrogens is 320 g/mol. The van der Waals surface area contributed by atoms with Gasteiger partial charge in [-0.2, -0.15) is 0 Å². The summed E-state index contributed by atoms with van der Waals surface area (Å²) in [4.78, 5) is 8.89. The first-order valence-electron chi connectivity index (χ1n) is 8.05. The van der Waals surface area contributed by atoms with E-state index in [0.717, 1.165) is 23.0 Å². The monoisotopic (exact) mass is 346 g/mol. The van der Waals surface area contributed by atoms with Gasteiger partial charge in [-0.05, 0) is 18.6 Å². The lowest BCUT2D eigenvalue weighted by molar-refractivity contribution is 0.408. The molecule has 0 saturated heterocycles. The van der Waals surface area contributed by atoms with E-state index < -0.39 is 0 Å². The molecule has 6 heteroatoms. The van der Waals surface area contributed by atoms with Crippen molar-refractivity contribution in [1.82, 2.24) is 15.6 Å². The van der Waals surface area contributed by atoms with Crippen molar-refractivity contribution in [2.45, 2.75) is 39.8 Å². The molecule has 0 aliphatic rings. The highest BCUT2D eigenvalue weighted by atomic mass is 32.1. The van der Waals surface area contributed by atoms with Gasteiger partial charge in [0.1, 0.15) is 5.75 Å². The summed E-state index contributed by atoms with van der Waals surface area (Å²) in [7, 11) is 3.46. The van der Waals surface area contributed by atoms with Crippen LogP contribution in [-0.2, 0) is 13.1 Å². The van der Waals surface area contributed by atoms with E-state index in [1.165, 1.54) is 10.6 Å². The van der Waals surface area contributed by atoms with Crippen molar-refractivity contribution >= 4 is 17.3 Å². The summed E-state index contributed by atoms with van der Waals surface area (Å²) in [5, 5.41) is 9.88. The van der Waals surface area contributed by atoms with Crippen molar-refractivity contribution in [1.29, 1.82) is 0 Å². The number of ether oxygens (including phenoxy) is 1. The molecular formula is C18H26N4OS. The average molecular weight is 347 g/mol. The van der Waals surface area contributed by atoms with Crippen LogP contribution in [0.4, 0.5) is 0 Å². The molecule has 0 fully saturated rings. The zero-order valence-corrected chi connectivity index (χ0v) is 15.8. The normalized spacial score (nSPS) is 11.7. The molecule has 1 aromatic carbocycles. The molecule has 0 bridgehead atoms. The maximum absolute atomic E-state index is 5.44. The summed E-state index contributed by atoms with van der Waals surface area (Å²) in [5.74, 6) is 2.10. The molecule has 130 valence electrons. The number of benzene rings is 1. The van der Waals surface area contributed by atoms with E-state index in [1.807, 2.05) is 6.07 Å². The van der Waals surface area contributed by atoms with Gasteiger partial charge < -0.3 is 15.4 Å². The van der Waals surface area contributed by atoms with Gasteiger partial charge in [-0.3, -0.25) is 4.99 Å². The van der Waals surface area contributed by atoms with E-state index in [1.54, 1.807) is 25.5 Å². The number of rotatable bonds is 6. The van der Waals surface area contributed by atoms with Crippen molar-refractivity contribution in [3.8, 4) is 5.75 Å². The Kier molecular flexibility index (Phi) is 6.61. The number of hydrogen-bond donors (Lipinski definition) is 2. The fourth-order valence-electron chi connectivity index (χ4n) is 2.24. The molecule has 0 saturated carbocycles. The smallest absolute Gasteiger partial charge is 0.191 e. The fourth-order valence-corrected chi connectivity index (χ4v) is 3.08. The highest BCUT2D eigenvalue weighted by molar-refractivity contribution is 7.09. The third kappa shape index (κ3) is 4.96. The lowest BCUT2D eigenvalue weighted by Gasteiger charge is -2.13. The first kappa shape index (κ1) is 18.3. The number of nitrogens with one attached hydrogen (secondary N) is 2. The Morgan fingerprint density at radius 3 is 2.67 bits per heavy atom. The number of nitrogens with zero attached hydrogens (tertiary/aromatic N) is 2. The Hall–Kier alpha value is -2.08. The zero-order chi connectivity index (χ0) is 17.5. The lowest BCUT2D eigenvalue weighted by atomic mass is 10.1. The maximum Gasteiger partial charge on any atom is 0.191 e. The SMILES string of the molecule is CN=C(NCc1csc(C(C)C)n1)NCc1ccc(C)cc1OC. The molecule has 24 heavy (non-hydrogen) atoms. The van der Waals surface area contributed by atoms with Crippen LogP contribution in [0.3, 0.4) is 0 Å². The van der Waals surface area contributed by atoms with Gasteiger partial charge in [0, 0.05) is 30.5 Å². The predicted molar refractivity (Wildman–Crippen MR) is 101 cm³/mol. The summed E-state index contributed by atoms with van der Waals surface area (Å²) in [6, 6.07) is 6.19. The van der Waals surface area contributed by atoms with Crippen LogP contribution < -0.4 is 15.4 Å². The Morgan fingerprint density at radius 2 is 2.04 bits per heavy atom. The summed E-state index contributed by atoms with van der Waals surface area (Å²) < 4.78 is 5.44. The molecule has 0 amide bonds. The minimum atomic E-state index is 0.468. The Labute approximate surface area is 148 Å². The number of aromatic nitrogens is 1. The Bertz CT molecular complexity index is 694. The summed E-state index contributed by atoms with van der Waals surface area (Å²) in [6.07, 6.45) is 0. The van der Waals surface area contributed by atoms with Gasteiger partial charge in [-0.15, -0.1) is 11.3 Å². The Balaban J connectivity index is 1.90. The highest BCUT2D eigenvalue weighted by Gasteiger charge is 2.07. The standard InChI is InChI=1S/C18H26N4OS/c1-12(2)17-22-15(11-24-17)10-21-18(19-4)20-9-14-7-6-13(3)8-16(14)23-5/h6-8,11-12H,9-10H2,1-5H3,(H2,19,20,21). The third-order valence-corrected chi connectivity index (χ3v) is 4.81. The molecule has 5 nitrogen and oxygen atoms in total. The average Bonchev–Trinajstić information content (AvgIpc) is 3.05. The number of aryl methyl sites for hydroxylation is 1. The first-order valence-corrected chi connectivity index (χ1v) is 8.93. The lowest BCUT2D eigenvalue weighted by Crippen LogP contribution is -2.36. The van der Waals surface area contributed by atoms with Crippen LogP contribution in [0.15, 0.2) is 28.6 Å². The van der Waals surface area contributed by atoms with Gasteiger partial charge in [-0.1, -0.05) is 26.0 Å². The minimum absolute atomic E-state index is 0.468. The van der Waals surface area contributed by atoms with Crippen LogP contribution in [0.2, 0.25) is 0 Å². The van der Waals surface area contributed by atoms with Crippen molar-refractivity contribution < 1.29 is 4.74 Å². The molecule has 1 aromatic heterocycles. The first-order chi connectivity index (χ1) is 11.5. The zero-order valence-electron chi connectivity index (χ0n) is 15.0. The number of guanidine groups is 1. The summed E-state index contributed by atoms with van der Waals surface area (Å²) >= 11 is 1.71. The molecule has 2 N–H and O–H groups in total. The fraction of sp³-hybridized carbons (Fsp3) is 0.444.